The molecule has 0 saturated heterocycles. The molecule has 10 aromatic carbocycles. The predicted octanol–water partition coefficient (Wildman–Crippen LogP) is 16.8. The molecule has 0 N–H and O–H groups in total. The summed E-state index contributed by atoms with van der Waals surface area (Å²) in [7, 11) is 0. The average Bonchev–Trinajstić information content (AvgIpc) is 3.91. The molecule has 0 aliphatic heterocycles. The Kier molecular flexibility index (Phi) is 8.83. The molecule has 0 saturated carbocycles. The summed E-state index contributed by atoms with van der Waals surface area (Å²) >= 11 is 0. The van der Waals surface area contributed by atoms with Gasteiger partial charge in [-0.1, -0.05) is 176 Å². The normalized spacial score (nSPS) is 11.5. The first-order chi connectivity index (χ1) is 31.2. The zero-order valence-corrected chi connectivity index (χ0v) is 34.4. The van der Waals surface area contributed by atoms with Gasteiger partial charge >= 0.3 is 0 Å². The number of hydrogen-bond acceptors (Lipinski definition) is 2. The third-order valence-electron chi connectivity index (χ3n) is 12.4. The Bertz CT molecular complexity index is 3600. The first kappa shape index (κ1) is 36.5. The maximum absolute atomic E-state index is 6.58. The van der Waals surface area contributed by atoms with Crippen LogP contribution in [-0.4, -0.2) is 4.57 Å². The lowest BCUT2D eigenvalue weighted by atomic mass is 9.95. The Labute approximate surface area is 366 Å². The summed E-state index contributed by atoms with van der Waals surface area (Å²) in [6.07, 6.45) is 0. The summed E-state index contributed by atoms with van der Waals surface area (Å²) in [5, 5.41) is 4.67. The molecular formula is C60H40N2O. The van der Waals surface area contributed by atoms with E-state index in [1.807, 2.05) is 6.07 Å². The van der Waals surface area contributed by atoms with Crippen molar-refractivity contribution in [2.24, 2.45) is 0 Å². The molecule has 0 bridgehead atoms. The molecule has 0 aliphatic carbocycles. The largest absolute Gasteiger partial charge is 0.454 e. The number of para-hydroxylation sites is 4. The van der Waals surface area contributed by atoms with Crippen molar-refractivity contribution in [2.45, 2.75) is 0 Å². The Balaban J connectivity index is 0.923. The lowest BCUT2D eigenvalue weighted by molar-refractivity contribution is 0.666. The fourth-order valence-electron chi connectivity index (χ4n) is 9.43. The predicted molar refractivity (Wildman–Crippen MR) is 264 cm³/mol. The molecular weight excluding hydrogens is 765 g/mol. The van der Waals surface area contributed by atoms with Gasteiger partial charge < -0.3 is 13.9 Å². The fourth-order valence-corrected chi connectivity index (χ4v) is 9.43. The zero-order chi connectivity index (χ0) is 41.7. The molecule has 0 fully saturated rings. The number of aromatic nitrogens is 1. The Morgan fingerprint density at radius 1 is 0.317 bits per heavy atom. The second-order valence-electron chi connectivity index (χ2n) is 16.1. The molecule has 296 valence electrons. The number of hydrogen-bond donors (Lipinski definition) is 0. The molecule has 3 nitrogen and oxygen atoms in total. The van der Waals surface area contributed by atoms with Crippen LogP contribution in [0.2, 0.25) is 0 Å². The van der Waals surface area contributed by atoms with Crippen LogP contribution in [0.15, 0.2) is 247 Å². The van der Waals surface area contributed by atoms with Crippen LogP contribution in [0.5, 0.6) is 0 Å². The Hall–Kier alpha value is -8.40. The molecule has 2 heterocycles. The fraction of sp³-hybridized carbons (Fsp3) is 0. The van der Waals surface area contributed by atoms with Crippen LogP contribution in [-0.2, 0) is 0 Å². The summed E-state index contributed by atoms with van der Waals surface area (Å²) in [6.45, 7) is 0. The third kappa shape index (κ3) is 6.38. The smallest absolute Gasteiger partial charge is 0.159 e. The van der Waals surface area contributed by atoms with E-state index in [4.69, 9.17) is 4.42 Å². The number of anilines is 3. The molecule has 0 amide bonds. The van der Waals surface area contributed by atoms with Crippen molar-refractivity contribution in [3.63, 3.8) is 0 Å². The second-order valence-corrected chi connectivity index (χ2v) is 16.1. The molecule has 0 aliphatic rings. The lowest BCUT2D eigenvalue weighted by Crippen LogP contribution is -2.09. The van der Waals surface area contributed by atoms with E-state index in [2.05, 4.69) is 246 Å². The van der Waals surface area contributed by atoms with Gasteiger partial charge in [-0.15, -0.1) is 0 Å². The standard InChI is InChI=1S/C60H40N2O/c1-3-15-41(16-4-1)42-31-33-43(34-32-42)44-35-37-49(38-36-44)61(48-20-5-2-6-21-48)50-22-12-18-46(40-50)45-17-11-19-47(39-45)51-25-13-28-56-59(51)54-24-7-9-27-55(54)62(56)57-29-14-26-53-52-23-8-10-30-58(52)63-60(53)57/h1-40H. The van der Waals surface area contributed by atoms with Gasteiger partial charge in [-0.3, -0.25) is 0 Å². The van der Waals surface area contributed by atoms with Crippen molar-refractivity contribution in [1.29, 1.82) is 0 Å². The third-order valence-corrected chi connectivity index (χ3v) is 12.4. The van der Waals surface area contributed by atoms with E-state index in [0.29, 0.717) is 0 Å². The number of nitrogens with zero attached hydrogens (tertiary/aromatic N) is 2. The minimum absolute atomic E-state index is 0.892. The molecule has 12 rings (SSSR count). The highest BCUT2D eigenvalue weighted by atomic mass is 16.3. The van der Waals surface area contributed by atoms with Gasteiger partial charge in [0.05, 0.1) is 16.7 Å². The summed E-state index contributed by atoms with van der Waals surface area (Å²) in [5.41, 5.74) is 17.9. The average molecular weight is 805 g/mol. The van der Waals surface area contributed by atoms with E-state index in [9.17, 15) is 0 Å². The van der Waals surface area contributed by atoms with Crippen molar-refractivity contribution >= 4 is 60.8 Å². The van der Waals surface area contributed by atoms with Crippen molar-refractivity contribution in [3.8, 4) is 50.2 Å². The van der Waals surface area contributed by atoms with Crippen LogP contribution in [0.3, 0.4) is 0 Å². The number of rotatable bonds is 8. The summed E-state index contributed by atoms with van der Waals surface area (Å²) in [4.78, 5) is 2.34. The Morgan fingerprint density at radius 3 is 1.60 bits per heavy atom. The van der Waals surface area contributed by atoms with Crippen molar-refractivity contribution in [1.82, 2.24) is 4.57 Å². The molecule has 0 unspecified atom stereocenters. The molecule has 0 spiro atoms. The maximum atomic E-state index is 6.58. The van der Waals surface area contributed by atoms with E-state index >= 15 is 0 Å². The minimum Gasteiger partial charge on any atom is -0.454 e. The van der Waals surface area contributed by atoms with Gasteiger partial charge in [-0.05, 0) is 111 Å². The first-order valence-electron chi connectivity index (χ1n) is 21.5. The highest BCUT2D eigenvalue weighted by molar-refractivity contribution is 6.17. The lowest BCUT2D eigenvalue weighted by Gasteiger charge is -2.26. The molecule has 3 heteroatoms. The number of fused-ring (bicyclic) bond motifs is 6. The van der Waals surface area contributed by atoms with Gasteiger partial charge in [0.1, 0.15) is 5.58 Å². The van der Waals surface area contributed by atoms with Crippen LogP contribution in [0, 0.1) is 0 Å². The molecule has 63 heavy (non-hydrogen) atoms. The Morgan fingerprint density at radius 2 is 0.825 bits per heavy atom. The van der Waals surface area contributed by atoms with Crippen molar-refractivity contribution < 1.29 is 4.42 Å². The number of furan rings is 1. The van der Waals surface area contributed by atoms with Gasteiger partial charge in [-0.25, -0.2) is 0 Å². The van der Waals surface area contributed by atoms with E-state index < -0.39 is 0 Å². The van der Waals surface area contributed by atoms with Crippen LogP contribution >= 0.6 is 0 Å². The topological polar surface area (TPSA) is 21.3 Å². The minimum atomic E-state index is 0.892. The summed E-state index contributed by atoms with van der Waals surface area (Å²) in [5.74, 6) is 0. The van der Waals surface area contributed by atoms with Gasteiger partial charge in [0.2, 0.25) is 0 Å². The van der Waals surface area contributed by atoms with Gasteiger partial charge in [-0.2, -0.15) is 0 Å². The van der Waals surface area contributed by atoms with Gasteiger partial charge in [0.15, 0.2) is 5.58 Å². The number of benzene rings is 10. The van der Waals surface area contributed by atoms with E-state index in [1.165, 1.54) is 44.2 Å². The maximum Gasteiger partial charge on any atom is 0.159 e. The SMILES string of the molecule is c1ccc(-c2ccc(-c3ccc(N(c4ccccc4)c4cccc(-c5cccc(-c6cccc7c6c6ccccc6n7-c6cccc7c6oc6ccccc67)c5)c4)cc3)cc2)cc1. The quantitative estimate of drug-likeness (QED) is 0.153. The first-order valence-corrected chi connectivity index (χ1v) is 21.5. The zero-order valence-electron chi connectivity index (χ0n) is 34.4. The van der Waals surface area contributed by atoms with Crippen LogP contribution in [0.4, 0.5) is 17.1 Å². The highest BCUT2D eigenvalue weighted by Crippen LogP contribution is 2.43. The molecule has 0 atom stereocenters. The molecule has 2 aromatic heterocycles. The van der Waals surface area contributed by atoms with Crippen LogP contribution in [0.1, 0.15) is 0 Å². The van der Waals surface area contributed by atoms with E-state index in [1.54, 1.807) is 0 Å². The van der Waals surface area contributed by atoms with Crippen molar-refractivity contribution in [2.75, 3.05) is 4.90 Å². The highest BCUT2D eigenvalue weighted by Gasteiger charge is 2.20. The molecule has 0 radical (unpaired) electrons. The molecule has 12 aromatic rings. The summed E-state index contributed by atoms with van der Waals surface area (Å²) < 4.78 is 8.96. The van der Waals surface area contributed by atoms with Crippen LogP contribution < -0.4 is 4.90 Å². The van der Waals surface area contributed by atoms with Crippen molar-refractivity contribution in [3.05, 3.63) is 243 Å². The summed E-state index contributed by atoms with van der Waals surface area (Å²) in [6, 6.07) is 87.0. The van der Waals surface area contributed by atoms with E-state index in [-0.39, 0.29) is 0 Å². The second kappa shape index (κ2) is 15.3. The van der Waals surface area contributed by atoms with Crippen LogP contribution in [0.25, 0.3) is 93.9 Å². The van der Waals surface area contributed by atoms with Gasteiger partial charge in [0, 0.05) is 38.6 Å². The van der Waals surface area contributed by atoms with E-state index in [0.717, 1.165) is 66.8 Å². The van der Waals surface area contributed by atoms with Gasteiger partial charge in [0.25, 0.3) is 0 Å². The monoisotopic (exact) mass is 804 g/mol.